The van der Waals surface area contributed by atoms with Crippen LogP contribution in [-0.2, 0) is 6.42 Å². The van der Waals surface area contributed by atoms with Crippen molar-refractivity contribution in [1.82, 2.24) is 9.30 Å². The molecule has 0 atom stereocenters. The van der Waals surface area contributed by atoms with Crippen molar-refractivity contribution in [2.75, 3.05) is 6.54 Å². The van der Waals surface area contributed by atoms with E-state index in [0.717, 1.165) is 24.0 Å². The molecule has 120 valence electrons. The summed E-state index contributed by atoms with van der Waals surface area (Å²) in [6.07, 6.45) is 3.41. The highest BCUT2D eigenvalue weighted by Crippen LogP contribution is 2.25. The minimum Gasteiger partial charge on any atom is -0.449 e. The lowest BCUT2D eigenvalue weighted by molar-refractivity contribution is 0.145. The van der Waals surface area contributed by atoms with Gasteiger partial charge in [-0.15, -0.1) is 0 Å². The summed E-state index contributed by atoms with van der Waals surface area (Å²) in [6, 6.07) is 6.45. The minimum absolute atomic E-state index is 0.385. The Morgan fingerprint density at radius 1 is 1.23 bits per heavy atom. The number of hydrogen-bond donors (Lipinski definition) is 1. The molecule has 2 rings (SSSR count). The summed E-state index contributed by atoms with van der Waals surface area (Å²) in [6.45, 7) is 9.69. The second-order valence-electron chi connectivity index (χ2n) is 6.01. The van der Waals surface area contributed by atoms with Gasteiger partial charge in [-0.3, -0.25) is 4.90 Å². The zero-order valence-electron chi connectivity index (χ0n) is 13.6. The fourth-order valence-corrected chi connectivity index (χ4v) is 2.94. The molecule has 0 saturated carbocycles. The Kier molecular flexibility index (Phi) is 5.08. The maximum absolute atomic E-state index is 10.9. The van der Waals surface area contributed by atoms with E-state index in [1.165, 1.54) is 0 Å². The lowest BCUT2D eigenvalue weighted by Gasteiger charge is -2.30. The van der Waals surface area contributed by atoms with Gasteiger partial charge >= 0.3 is 6.16 Å². The standard InChI is InChI=1S/C17H24N2O3/c1-12(2)19(13(3)4)11-8-14-7-10-18-9-5-6-15(16(14)18)22-17(20)21/h5-7,9-10,12-13H,8,11H2,1-4H3,(H,20,21). The normalized spacial score (nSPS) is 11.8. The van der Waals surface area contributed by atoms with E-state index in [4.69, 9.17) is 9.84 Å². The van der Waals surface area contributed by atoms with E-state index in [9.17, 15) is 4.79 Å². The molecule has 0 amide bonds. The summed E-state index contributed by atoms with van der Waals surface area (Å²) in [4.78, 5) is 13.3. The lowest BCUT2D eigenvalue weighted by atomic mass is 10.1. The van der Waals surface area contributed by atoms with Crippen molar-refractivity contribution in [2.45, 2.75) is 46.2 Å². The number of fused-ring (bicyclic) bond motifs is 1. The van der Waals surface area contributed by atoms with Gasteiger partial charge in [-0.25, -0.2) is 4.79 Å². The van der Waals surface area contributed by atoms with Gasteiger partial charge in [0, 0.05) is 31.0 Å². The monoisotopic (exact) mass is 304 g/mol. The van der Waals surface area contributed by atoms with Crippen LogP contribution in [0.15, 0.2) is 30.6 Å². The summed E-state index contributed by atoms with van der Waals surface area (Å²) in [5.41, 5.74) is 1.93. The summed E-state index contributed by atoms with van der Waals surface area (Å²) in [5, 5.41) is 8.88. The van der Waals surface area contributed by atoms with Crippen molar-refractivity contribution >= 4 is 11.7 Å². The van der Waals surface area contributed by atoms with Gasteiger partial charge in [0.15, 0.2) is 5.75 Å². The van der Waals surface area contributed by atoms with Gasteiger partial charge in [-0.2, -0.15) is 0 Å². The number of ether oxygens (including phenoxy) is 1. The van der Waals surface area contributed by atoms with E-state index < -0.39 is 6.16 Å². The molecule has 2 aromatic rings. The summed E-state index contributed by atoms with van der Waals surface area (Å²) < 4.78 is 6.82. The van der Waals surface area contributed by atoms with Crippen molar-refractivity contribution in [3.05, 3.63) is 36.2 Å². The maximum atomic E-state index is 10.9. The van der Waals surface area contributed by atoms with Crippen LogP contribution >= 0.6 is 0 Å². The third-order valence-corrected chi connectivity index (χ3v) is 3.89. The Morgan fingerprint density at radius 2 is 1.91 bits per heavy atom. The number of aromatic nitrogens is 1. The van der Waals surface area contributed by atoms with Crippen LogP contribution < -0.4 is 4.74 Å². The molecule has 0 aliphatic heterocycles. The fourth-order valence-electron chi connectivity index (χ4n) is 2.94. The Hall–Kier alpha value is -2.01. The first-order chi connectivity index (χ1) is 10.4. The zero-order valence-corrected chi connectivity index (χ0v) is 13.6. The van der Waals surface area contributed by atoms with Gasteiger partial charge < -0.3 is 14.2 Å². The first kappa shape index (κ1) is 16.4. The van der Waals surface area contributed by atoms with E-state index in [0.29, 0.717) is 17.8 Å². The van der Waals surface area contributed by atoms with Gasteiger partial charge in [0.25, 0.3) is 0 Å². The van der Waals surface area contributed by atoms with E-state index in [1.54, 1.807) is 12.1 Å². The van der Waals surface area contributed by atoms with Crippen LogP contribution in [0.4, 0.5) is 4.79 Å². The van der Waals surface area contributed by atoms with Crippen molar-refractivity contribution < 1.29 is 14.6 Å². The van der Waals surface area contributed by atoms with Crippen molar-refractivity contribution in [3.63, 3.8) is 0 Å². The minimum atomic E-state index is -1.29. The largest absolute Gasteiger partial charge is 0.511 e. The molecule has 0 radical (unpaired) electrons. The van der Waals surface area contributed by atoms with Crippen molar-refractivity contribution in [1.29, 1.82) is 0 Å². The average molecular weight is 304 g/mol. The molecule has 0 unspecified atom stereocenters. The number of pyridine rings is 1. The summed E-state index contributed by atoms with van der Waals surface area (Å²) >= 11 is 0. The molecule has 5 nitrogen and oxygen atoms in total. The number of carbonyl (C=O) groups is 1. The van der Waals surface area contributed by atoms with E-state index in [2.05, 4.69) is 32.6 Å². The first-order valence-electron chi connectivity index (χ1n) is 7.65. The Balaban J connectivity index is 2.26. The fraction of sp³-hybridized carbons (Fsp3) is 0.471. The second-order valence-corrected chi connectivity index (χ2v) is 6.01. The van der Waals surface area contributed by atoms with Crippen LogP contribution in [0.2, 0.25) is 0 Å². The molecule has 0 bridgehead atoms. The number of rotatable bonds is 6. The Bertz CT molecular complexity index is 638. The quantitative estimate of drug-likeness (QED) is 0.828. The Labute approximate surface area is 131 Å². The molecule has 0 fully saturated rings. The van der Waals surface area contributed by atoms with E-state index >= 15 is 0 Å². The van der Waals surface area contributed by atoms with Crippen LogP contribution in [-0.4, -0.2) is 39.2 Å². The van der Waals surface area contributed by atoms with Crippen molar-refractivity contribution in [2.24, 2.45) is 0 Å². The van der Waals surface area contributed by atoms with Crippen LogP contribution in [0.25, 0.3) is 5.52 Å². The molecular formula is C17H24N2O3. The van der Waals surface area contributed by atoms with Crippen LogP contribution in [0, 0.1) is 0 Å². The van der Waals surface area contributed by atoms with E-state index in [-0.39, 0.29) is 0 Å². The highest BCUT2D eigenvalue weighted by atomic mass is 16.7. The molecule has 0 saturated heterocycles. The number of hydrogen-bond acceptors (Lipinski definition) is 3. The topological polar surface area (TPSA) is 54.2 Å². The predicted molar refractivity (Wildman–Crippen MR) is 86.7 cm³/mol. The van der Waals surface area contributed by atoms with Gasteiger partial charge in [0.1, 0.15) is 0 Å². The van der Waals surface area contributed by atoms with Gasteiger partial charge in [0.05, 0.1) is 5.52 Å². The van der Waals surface area contributed by atoms with E-state index in [1.807, 2.05) is 22.9 Å². The number of carboxylic acid groups (broad SMARTS) is 1. The summed E-state index contributed by atoms with van der Waals surface area (Å²) in [5.74, 6) is 0.385. The highest BCUT2D eigenvalue weighted by Gasteiger charge is 2.16. The molecular weight excluding hydrogens is 280 g/mol. The van der Waals surface area contributed by atoms with Gasteiger partial charge in [-0.1, -0.05) is 0 Å². The first-order valence-corrected chi connectivity index (χ1v) is 7.65. The molecule has 22 heavy (non-hydrogen) atoms. The molecule has 0 aromatic carbocycles. The molecule has 0 spiro atoms. The summed E-state index contributed by atoms with van der Waals surface area (Å²) in [7, 11) is 0. The van der Waals surface area contributed by atoms with Crippen molar-refractivity contribution in [3.8, 4) is 5.75 Å². The molecule has 0 aliphatic carbocycles. The van der Waals surface area contributed by atoms with Gasteiger partial charge in [-0.05, 0) is 57.9 Å². The maximum Gasteiger partial charge on any atom is 0.511 e. The predicted octanol–water partition coefficient (Wildman–Crippen LogP) is 3.66. The van der Waals surface area contributed by atoms with Crippen LogP contribution in [0.5, 0.6) is 5.75 Å². The van der Waals surface area contributed by atoms with Crippen LogP contribution in [0.3, 0.4) is 0 Å². The zero-order chi connectivity index (χ0) is 16.3. The van der Waals surface area contributed by atoms with Crippen LogP contribution in [0.1, 0.15) is 33.3 Å². The number of nitrogens with zero attached hydrogens (tertiary/aromatic N) is 2. The Morgan fingerprint density at radius 3 is 2.50 bits per heavy atom. The highest BCUT2D eigenvalue weighted by molar-refractivity contribution is 5.72. The molecule has 2 aromatic heterocycles. The molecule has 5 heteroatoms. The molecule has 1 N–H and O–H groups in total. The lowest BCUT2D eigenvalue weighted by Crippen LogP contribution is -2.38. The third kappa shape index (κ3) is 3.60. The second kappa shape index (κ2) is 6.83. The third-order valence-electron chi connectivity index (χ3n) is 3.89. The molecule has 0 aliphatic rings. The average Bonchev–Trinajstić information content (AvgIpc) is 2.82. The smallest absolute Gasteiger partial charge is 0.449 e. The molecule has 2 heterocycles. The SMILES string of the molecule is CC(C)N(CCc1ccn2cccc(OC(=O)O)c12)C(C)C. The van der Waals surface area contributed by atoms with Gasteiger partial charge in [0.2, 0.25) is 0 Å².